The molecule has 2 aromatic rings. The minimum atomic E-state index is -0.679. The van der Waals surface area contributed by atoms with E-state index in [1.54, 1.807) is 12.1 Å². The molecule has 2 heterocycles. The largest absolute Gasteiger partial charge is 0.454 e. The van der Waals surface area contributed by atoms with E-state index >= 15 is 0 Å². The van der Waals surface area contributed by atoms with E-state index < -0.39 is 6.04 Å². The van der Waals surface area contributed by atoms with Crippen molar-refractivity contribution in [1.82, 2.24) is 10.6 Å². The van der Waals surface area contributed by atoms with Crippen LogP contribution in [0, 0.1) is 5.82 Å². The Kier molecular flexibility index (Phi) is 4.08. The molecule has 0 saturated carbocycles. The molecule has 2 N–H and O–H groups in total. The van der Waals surface area contributed by atoms with Gasteiger partial charge in [-0.1, -0.05) is 6.07 Å². The lowest BCUT2D eigenvalue weighted by Gasteiger charge is -2.14. The van der Waals surface area contributed by atoms with Gasteiger partial charge in [0.1, 0.15) is 11.9 Å². The van der Waals surface area contributed by atoms with Crippen LogP contribution in [0.4, 0.5) is 14.9 Å². The fraction of sp³-hybridized carbons (Fsp3) is 0.222. The van der Waals surface area contributed by atoms with Crippen LogP contribution in [0.3, 0.4) is 0 Å². The third-order valence-corrected chi connectivity index (χ3v) is 4.27. The SMILES string of the molecule is O=C(NCc1ccc2c(c1)OCO2)C1CN(c2ccc(F)cc2)C(=O)N1. The summed E-state index contributed by atoms with van der Waals surface area (Å²) in [6.45, 7) is 0.675. The number of rotatable bonds is 4. The smallest absolute Gasteiger partial charge is 0.322 e. The second-order valence-electron chi connectivity index (χ2n) is 5.99. The number of hydrogen-bond donors (Lipinski definition) is 2. The maximum Gasteiger partial charge on any atom is 0.322 e. The van der Waals surface area contributed by atoms with Crippen LogP contribution in [0.1, 0.15) is 5.56 Å². The lowest BCUT2D eigenvalue weighted by Crippen LogP contribution is -2.42. The molecule has 134 valence electrons. The Bertz CT molecular complexity index is 856. The standard InChI is InChI=1S/C18H16FN3O4/c19-12-2-4-13(5-3-12)22-9-14(21-18(22)24)17(23)20-8-11-1-6-15-16(7-11)26-10-25-15/h1-7,14H,8-10H2,(H,20,23)(H,21,24). The number of benzene rings is 2. The van der Waals surface area contributed by atoms with Crippen molar-refractivity contribution in [3.8, 4) is 11.5 Å². The summed E-state index contributed by atoms with van der Waals surface area (Å²) < 4.78 is 23.6. The second-order valence-corrected chi connectivity index (χ2v) is 5.99. The van der Waals surface area contributed by atoms with Crippen molar-refractivity contribution in [1.29, 1.82) is 0 Å². The quantitative estimate of drug-likeness (QED) is 0.874. The van der Waals surface area contributed by atoms with Gasteiger partial charge in [0.2, 0.25) is 12.7 Å². The predicted octanol–water partition coefficient (Wildman–Crippen LogP) is 1.77. The molecule has 0 spiro atoms. The minimum absolute atomic E-state index is 0.178. The van der Waals surface area contributed by atoms with Crippen molar-refractivity contribution in [3.63, 3.8) is 0 Å². The van der Waals surface area contributed by atoms with E-state index in [-0.39, 0.29) is 31.1 Å². The third kappa shape index (κ3) is 3.13. The molecule has 3 amide bonds. The van der Waals surface area contributed by atoms with Crippen molar-refractivity contribution in [2.75, 3.05) is 18.2 Å². The van der Waals surface area contributed by atoms with E-state index in [0.717, 1.165) is 5.56 Å². The second kappa shape index (κ2) is 6.55. The average Bonchev–Trinajstić information content (AvgIpc) is 3.26. The molecule has 0 aromatic heterocycles. The van der Waals surface area contributed by atoms with Crippen LogP contribution in [0.25, 0.3) is 0 Å². The van der Waals surface area contributed by atoms with Crippen molar-refractivity contribution in [2.45, 2.75) is 12.6 Å². The number of halogens is 1. The summed E-state index contributed by atoms with van der Waals surface area (Å²) in [6.07, 6.45) is 0. The van der Waals surface area contributed by atoms with Crippen LogP contribution < -0.4 is 25.0 Å². The highest BCUT2D eigenvalue weighted by Crippen LogP contribution is 2.32. The van der Waals surface area contributed by atoms with Gasteiger partial charge in [0.25, 0.3) is 0 Å². The number of carbonyl (C=O) groups is 2. The van der Waals surface area contributed by atoms with E-state index in [0.29, 0.717) is 23.7 Å². The number of amides is 3. The predicted molar refractivity (Wildman–Crippen MR) is 90.5 cm³/mol. The van der Waals surface area contributed by atoms with Gasteiger partial charge in [0.15, 0.2) is 11.5 Å². The highest BCUT2D eigenvalue weighted by atomic mass is 19.1. The van der Waals surface area contributed by atoms with Gasteiger partial charge in [0.05, 0.1) is 6.54 Å². The number of carbonyl (C=O) groups excluding carboxylic acids is 2. The summed E-state index contributed by atoms with van der Waals surface area (Å²) in [5, 5.41) is 5.43. The summed E-state index contributed by atoms with van der Waals surface area (Å²) in [5.41, 5.74) is 1.40. The number of hydrogen-bond acceptors (Lipinski definition) is 4. The lowest BCUT2D eigenvalue weighted by molar-refractivity contribution is -0.122. The Morgan fingerprint density at radius 1 is 1.19 bits per heavy atom. The molecule has 0 bridgehead atoms. The first-order chi connectivity index (χ1) is 12.6. The molecule has 2 aromatic carbocycles. The van der Waals surface area contributed by atoms with Gasteiger partial charge in [-0.3, -0.25) is 9.69 Å². The molecule has 2 aliphatic rings. The zero-order valence-electron chi connectivity index (χ0n) is 13.7. The molecule has 7 nitrogen and oxygen atoms in total. The van der Waals surface area contributed by atoms with Gasteiger partial charge in [-0.05, 0) is 42.0 Å². The first kappa shape index (κ1) is 16.2. The van der Waals surface area contributed by atoms with Gasteiger partial charge >= 0.3 is 6.03 Å². The lowest BCUT2D eigenvalue weighted by atomic mass is 10.2. The maximum absolute atomic E-state index is 13.0. The van der Waals surface area contributed by atoms with Crippen molar-refractivity contribution in [3.05, 3.63) is 53.8 Å². The number of ether oxygens (including phenoxy) is 2. The molecule has 0 aliphatic carbocycles. The Balaban J connectivity index is 1.36. The van der Waals surface area contributed by atoms with Crippen LogP contribution in [0.15, 0.2) is 42.5 Å². The highest BCUT2D eigenvalue weighted by Gasteiger charge is 2.34. The van der Waals surface area contributed by atoms with Gasteiger partial charge in [-0.15, -0.1) is 0 Å². The van der Waals surface area contributed by atoms with E-state index in [4.69, 9.17) is 9.47 Å². The molecule has 4 rings (SSSR count). The summed E-state index contributed by atoms with van der Waals surface area (Å²) in [5.74, 6) is 0.651. The van der Waals surface area contributed by atoms with Crippen molar-refractivity contribution < 1.29 is 23.5 Å². The summed E-state index contributed by atoms with van der Waals surface area (Å²) in [6, 6.07) is 9.92. The van der Waals surface area contributed by atoms with Crippen LogP contribution in [-0.4, -0.2) is 31.3 Å². The van der Waals surface area contributed by atoms with Crippen LogP contribution >= 0.6 is 0 Å². The molecule has 0 radical (unpaired) electrons. The van der Waals surface area contributed by atoms with Crippen molar-refractivity contribution in [2.24, 2.45) is 0 Å². The van der Waals surface area contributed by atoms with Crippen LogP contribution in [-0.2, 0) is 11.3 Å². The average molecular weight is 357 g/mol. The molecule has 1 fully saturated rings. The van der Waals surface area contributed by atoms with Crippen molar-refractivity contribution >= 4 is 17.6 Å². The Labute approximate surface area is 148 Å². The minimum Gasteiger partial charge on any atom is -0.454 e. The zero-order valence-corrected chi connectivity index (χ0v) is 13.7. The van der Waals surface area contributed by atoms with Gasteiger partial charge in [-0.25, -0.2) is 9.18 Å². The molecule has 8 heteroatoms. The summed E-state index contributed by atoms with van der Waals surface area (Å²) in [4.78, 5) is 25.9. The zero-order chi connectivity index (χ0) is 18.1. The molecule has 2 aliphatic heterocycles. The first-order valence-corrected chi connectivity index (χ1v) is 8.10. The topological polar surface area (TPSA) is 79.9 Å². The Morgan fingerprint density at radius 3 is 2.77 bits per heavy atom. The molecule has 1 saturated heterocycles. The van der Waals surface area contributed by atoms with Crippen LogP contribution in [0.2, 0.25) is 0 Å². The van der Waals surface area contributed by atoms with Gasteiger partial charge in [0, 0.05) is 12.2 Å². The molecule has 26 heavy (non-hydrogen) atoms. The number of nitrogens with one attached hydrogen (secondary N) is 2. The number of urea groups is 1. The fourth-order valence-corrected chi connectivity index (χ4v) is 2.89. The van der Waals surface area contributed by atoms with E-state index in [1.165, 1.54) is 29.2 Å². The van der Waals surface area contributed by atoms with Gasteiger partial charge in [-0.2, -0.15) is 0 Å². The van der Waals surface area contributed by atoms with E-state index in [2.05, 4.69) is 10.6 Å². The number of anilines is 1. The Morgan fingerprint density at radius 2 is 1.96 bits per heavy atom. The third-order valence-electron chi connectivity index (χ3n) is 4.27. The summed E-state index contributed by atoms with van der Waals surface area (Å²) >= 11 is 0. The monoisotopic (exact) mass is 357 g/mol. The van der Waals surface area contributed by atoms with Gasteiger partial charge < -0.3 is 20.1 Å². The number of nitrogens with zero attached hydrogens (tertiary/aromatic N) is 1. The Hall–Kier alpha value is -3.29. The normalized spacial score (nSPS) is 18.0. The molecule has 1 atom stereocenters. The summed E-state index contributed by atoms with van der Waals surface area (Å²) in [7, 11) is 0. The van der Waals surface area contributed by atoms with E-state index in [9.17, 15) is 14.0 Å². The number of fused-ring (bicyclic) bond motifs is 1. The first-order valence-electron chi connectivity index (χ1n) is 8.10. The maximum atomic E-state index is 13.0. The molecule has 1 unspecified atom stereocenters. The highest BCUT2D eigenvalue weighted by molar-refractivity contribution is 6.00. The molecular formula is C18H16FN3O4. The van der Waals surface area contributed by atoms with E-state index in [1.807, 2.05) is 6.07 Å². The fourth-order valence-electron chi connectivity index (χ4n) is 2.89. The van der Waals surface area contributed by atoms with Crippen LogP contribution in [0.5, 0.6) is 11.5 Å². The molecular weight excluding hydrogens is 341 g/mol.